The number of rotatable bonds is 8. The molecule has 0 saturated heterocycles. The highest BCUT2D eigenvalue weighted by Crippen LogP contribution is 2.27. The van der Waals surface area contributed by atoms with E-state index in [0.717, 1.165) is 5.56 Å². The van der Waals surface area contributed by atoms with E-state index >= 15 is 0 Å². The molecule has 0 fully saturated rings. The highest BCUT2D eigenvalue weighted by molar-refractivity contribution is 6.31. The second-order valence-electron chi connectivity index (χ2n) is 5.23. The van der Waals surface area contributed by atoms with Crippen molar-refractivity contribution < 1.29 is 19.4 Å². The monoisotopic (exact) mass is 363 g/mol. The third kappa shape index (κ3) is 5.74. The molecule has 7 nitrogen and oxygen atoms in total. The Morgan fingerprint density at radius 3 is 2.80 bits per heavy atom. The number of carboxylic acid groups (broad SMARTS) is 1. The molecule has 1 aromatic heterocycles. The number of anilines is 1. The number of aromatic nitrogens is 1. The Labute approximate surface area is 150 Å². The topological polar surface area (TPSA) is 101 Å². The largest absolute Gasteiger partial charge is 0.495 e. The molecule has 0 aliphatic heterocycles. The SMILES string of the molecule is COc1ccc(Cl)cc1NC(=O)C[C@@H](NCc1cccnc1)C(=O)O. The van der Waals surface area contributed by atoms with Crippen molar-refractivity contribution >= 4 is 29.2 Å². The van der Waals surface area contributed by atoms with Gasteiger partial charge >= 0.3 is 5.97 Å². The van der Waals surface area contributed by atoms with Gasteiger partial charge in [0.05, 0.1) is 19.2 Å². The summed E-state index contributed by atoms with van der Waals surface area (Å²) >= 11 is 5.91. The first-order chi connectivity index (χ1) is 12.0. The number of aliphatic carboxylic acids is 1. The molecular weight excluding hydrogens is 346 g/mol. The van der Waals surface area contributed by atoms with Crippen LogP contribution in [0.1, 0.15) is 12.0 Å². The first-order valence-corrected chi connectivity index (χ1v) is 7.86. The summed E-state index contributed by atoms with van der Waals surface area (Å²) < 4.78 is 5.15. The van der Waals surface area contributed by atoms with Gasteiger partial charge in [0, 0.05) is 24.0 Å². The van der Waals surface area contributed by atoms with E-state index in [1.807, 2.05) is 6.07 Å². The molecule has 0 bridgehead atoms. The number of nitrogens with zero attached hydrogens (tertiary/aromatic N) is 1. The standard InChI is InChI=1S/C17H18ClN3O4/c1-25-15-5-4-12(18)7-13(15)21-16(22)8-14(17(23)24)20-10-11-3-2-6-19-9-11/h2-7,9,14,20H,8,10H2,1H3,(H,21,22)(H,23,24)/t14-/m1/s1. The molecule has 0 radical (unpaired) electrons. The molecule has 1 atom stereocenters. The number of nitrogens with one attached hydrogen (secondary N) is 2. The lowest BCUT2D eigenvalue weighted by atomic mass is 10.1. The molecule has 1 heterocycles. The van der Waals surface area contributed by atoms with Gasteiger partial charge in [0.25, 0.3) is 0 Å². The quantitative estimate of drug-likeness (QED) is 0.665. The zero-order chi connectivity index (χ0) is 18.2. The van der Waals surface area contributed by atoms with Crippen LogP contribution in [0.25, 0.3) is 0 Å². The number of methoxy groups -OCH3 is 1. The summed E-state index contributed by atoms with van der Waals surface area (Å²) in [5.41, 5.74) is 1.21. The zero-order valence-electron chi connectivity index (χ0n) is 13.5. The van der Waals surface area contributed by atoms with Crippen LogP contribution < -0.4 is 15.4 Å². The Morgan fingerprint density at radius 1 is 1.36 bits per heavy atom. The van der Waals surface area contributed by atoms with Crippen LogP contribution in [0.5, 0.6) is 5.75 Å². The maximum Gasteiger partial charge on any atom is 0.321 e. The molecule has 0 aliphatic carbocycles. The summed E-state index contributed by atoms with van der Waals surface area (Å²) in [6, 6.07) is 7.32. The van der Waals surface area contributed by atoms with Crippen molar-refractivity contribution in [1.29, 1.82) is 0 Å². The van der Waals surface area contributed by atoms with Crippen molar-refractivity contribution in [3.8, 4) is 5.75 Å². The molecule has 0 unspecified atom stereocenters. The molecule has 0 saturated carbocycles. The van der Waals surface area contributed by atoms with Crippen molar-refractivity contribution in [1.82, 2.24) is 10.3 Å². The molecule has 2 aromatic rings. The first-order valence-electron chi connectivity index (χ1n) is 7.48. The van der Waals surface area contributed by atoms with Crippen LogP contribution in [0.3, 0.4) is 0 Å². The molecule has 1 amide bonds. The van der Waals surface area contributed by atoms with Gasteiger partial charge in [-0.3, -0.25) is 19.9 Å². The Kier molecular flexibility index (Phi) is 6.73. The van der Waals surface area contributed by atoms with E-state index in [1.54, 1.807) is 30.6 Å². The van der Waals surface area contributed by atoms with Gasteiger partial charge in [0.15, 0.2) is 0 Å². The van der Waals surface area contributed by atoms with E-state index < -0.39 is 17.9 Å². The minimum absolute atomic E-state index is 0.245. The number of carbonyl (C=O) groups excluding carboxylic acids is 1. The number of amides is 1. The van der Waals surface area contributed by atoms with Gasteiger partial charge in [-0.05, 0) is 29.8 Å². The molecule has 132 valence electrons. The van der Waals surface area contributed by atoms with E-state index in [2.05, 4.69) is 15.6 Å². The average Bonchev–Trinajstić information content (AvgIpc) is 2.59. The van der Waals surface area contributed by atoms with Gasteiger partial charge in [-0.1, -0.05) is 17.7 Å². The Balaban J connectivity index is 1.98. The molecule has 3 N–H and O–H groups in total. The molecular formula is C17H18ClN3O4. The van der Waals surface area contributed by atoms with Gasteiger partial charge in [0.2, 0.25) is 5.91 Å². The van der Waals surface area contributed by atoms with Gasteiger partial charge in [0.1, 0.15) is 11.8 Å². The normalized spacial score (nSPS) is 11.6. The summed E-state index contributed by atoms with van der Waals surface area (Å²) in [4.78, 5) is 27.5. The fraction of sp³-hybridized carbons (Fsp3) is 0.235. The minimum atomic E-state index is -1.11. The van der Waals surface area contributed by atoms with E-state index in [-0.39, 0.29) is 6.42 Å². The van der Waals surface area contributed by atoms with Gasteiger partial charge in [-0.25, -0.2) is 0 Å². The highest BCUT2D eigenvalue weighted by Gasteiger charge is 2.21. The number of halogens is 1. The maximum atomic E-state index is 12.2. The number of carboxylic acids is 1. The van der Waals surface area contributed by atoms with E-state index in [9.17, 15) is 14.7 Å². The van der Waals surface area contributed by atoms with E-state index in [1.165, 1.54) is 13.2 Å². The molecule has 2 rings (SSSR count). The molecule has 0 aliphatic rings. The maximum absolute atomic E-state index is 12.2. The third-order valence-corrected chi connectivity index (χ3v) is 3.63. The minimum Gasteiger partial charge on any atom is -0.495 e. The van der Waals surface area contributed by atoms with E-state index in [4.69, 9.17) is 16.3 Å². The predicted molar refractivity (Wildman–Crippen MR) is 93.8 cm³/mol. The number of hydrogen-bond acceptors (Lipinski definition) is 5. The lowest BCUT2D eigenvalue weighted by molar-refractivity contribution is -0.141. The lowest BCUT2D eigenvalue weighted by Gasteiger charge is -2.15. The smallest absolute Gasteiger partial charge is 0.321 e. The third-order valence-electron chi connectivity index (χ3n) is 3.40. The molecule has 1 aromatic carbocycles. The van der Waals surface area contributed by atoms with Crippen LogP contribution in [0.4, 0.5) is 5.69 Å². The van der Waals surface area contributed by atoms with Crippen molar-refractivity contribution in [2.45, 2.75) is 19.0 Å². The number of ether oxygens (including phenoxy) is 1. The fourth-order valence-corrected chi connectivity index (χ4v) is 2.33. The van der Waals surface area contributed by atoms with Crippen LogP contribution in [-0.2, 0) is 16.1 Å². The lowest BCUT2D eigenvalue weighted by Crippen LogP contribution is -2.39. The van der Waals surface area contributed by atoms with Crippen molar-refractivity contribution in [2.75, 3.05) is 12.4 Å². The average molecular weight is 364 g/mol. The Bertz CT molecular complexity index is 740. The summed E-state index contributed by atoms with van der Waals surface area (Å²) in [5, 5.41) is 15.2. The molecule has 0 spiro atoms. The van der Waals surface area contributed by atoms with Gasteiger partial charge in [-0.15, -0.1) is 0 Å². The van der Waals surface area contributed by atoms with Crippen molar-refractivity contribution in [3.05, 3.63) is 53.3 Å². The van der Waals surface area contributed by atoms with Crippen LogP contribution in [0.2, 0.25) is 5.02 Å². The molecule has 8 heteroatoms. The Morgan fingerprint density at radius 2 is 2.16 bits per heavy atom. The van der Waals surface area contributed by atoms with Crippen molar-refractivity contribution in [3.63, 3.8) is 0 Å². The number of pyridine rings is 1. The summed E-state index contributed by atoms with van der Waals surface area (Å²) in [6.45, 7) is 0.290. The second-order valence-corrected chi connectivity index (χ2v) is 5.67. The second kappa shape index (κ2) is 9.00. The molecule has 25 heavy (non-hydrogen) atoms. The Hall–Kier alpha value is -2.64. The zero-order valence-corrected chi connectivity index (χ0v) is 14.3. The number of hydrogen-bond donors (Lipinski definition) is 3. The number of benzene rings is 1. The summed E-state index contributed by atoms with van der Waals surface area (Å²) in [6.07, 6.45) is 3.01. The van der Waals surface area contributed by atoms with Crippen LogP contribution >= 0.6 is 11.6 Å². The number of carbonyl (C=O) groups is 2. The fourth-order valence-electron chi connectivity index (χ4n) is 2.16. The highest BCUT2D eigenvalue weighted by atomic mass is 35.5. The van der Waals surface area contributed by atoms with Crippen molar-refractivity contribution in [2.24, 2.45) is 0 Å². The van der Waals surface area contributed by atoms with Crippen LogP contribution in [-0.4, -0.2) is 35.1 Å². The van der Waals surface area contributed by atoms with E-state index in [0.29, 0.717) is 23.0 Å². The van der Waals surface area contributed by atoms with Gasteiger partial charge in [-0.2, -0.15) is 0 Å². The predicted octanol–water partition coefficient (Wildman–Crippen LogP) is 2.32. The van der Waals surface area contributed by atoms with Crippen LogP contribution in [0, 0.1) is 0 Å². The van der Waals surface area contributed by atoms with Gasteiger partial charge < -0.3 is 15.2 Å². The summed E-state index contributed by atoms with van der Waals surface area (Å²) in [5.74, 6) is -1.14. The summed E-state index contributed by atoms with van der Waals surface area (Å²) in [7, 11) is 1.47. The van der Waals surface area contributed by atoms with Crippen LogP contribution in [0.15, 0.2) is 42.7 Å². The first kappa shape index (κ1) is 18.7.